The van der Waals surface area contributed by atoms with Gasteiger partial charge in [0, 0.05) is 54.1 Å². The van der Waals surface area contributed by atoms with Gasteiger partial charge in [-0.1, -0.05) is 13.8 Å². The molecule has 15 heteroatoms. The second-order valence-electron chi connectivity index (χ2n) is 12.4. The van der Waals surface area contributed by atoms with Crippen LogP contribution in [-0.2, 0) is 19.4 Å². The Balaban J connectivity index is 0.00000452. The number of carbonyl (C=O) groups excluding carboxylic acids is 3. The van der Waals surface area contributed by atoms with Crippen molar-refractivity contribution in [1.82, 2.24) is 20.2 Å². The molecule has 1 fully saturated rings. The topological polar surface area (TPSA) is 166 Å². The van der Waals surface area contributed by atoms with E-state index in [9.17, 15) is 22.8 Å². The number of carbonyl (C=O) groups is 3. The number of hydrogen-bond donors (Lipinski definition) is 3. The molecular weight excluding hydrogens is 612 g/mol. The molecule has 3 heterocycles. The summed E-state index contributed by atoms with van der Waals surface area (Å²) < 4.78 is 30.4. The molecular formula is C31H54N8O6S. The van der Waals surface area contributed by atoms with Gasteiger partial charge in [0.2, 0.25) is 11.9 Å². The third-order valence-corrected chi connectivity index (χ3v) is 8.40. The summed E-state index contributed by atoms with van der Waals surface area (Å²) in [5.41, 5.74) is 0.569. The molecule has 0 aliphatic carbocycles. The number of amides is 4. The minimum atomic E-state index is -3.63. The van der Waals surface area contributed by atoms with E-state index in [1.165, 1.54) is 17.0 Å². The molecule has 1 unspecified atom stereocenters. The fourth-order valence-corrected chi connectivity index (χ4v) is 5.76. The van der Waals surface area contributed by atoms with Crippen LogP contribution >= 0.6 is 0 Å². The van der Waals surface area contributed by atoms with Crippen LogP contribution in [0.25, 0.3) is 0 Å². The van der Waals surface area contributed by atoms with Crippen LogP contribution in [0.15, 0.2) is 29.3 Å². The van der Waals surface area contributed by atoms with Gasteiger partial charge in [-0.15, -0.1) is 0 Å². The summed E-state index contributed by atoms with van der Waals surface area (Å²) >= 11 is 0. The van der Waals surface area contributed by atoms with Crippen molar-refractivity contribution in [1.29, 1.82) is 0 Å². The summed E-state index contributed by atoms with van der Waals surface area (Å²) in [4.78, 5) is 51.8. The number of urea groups is 1. The van der Waals surface area contributed by atoms with Crippen molar-refractivity contribution in [3.8, 4) is 0 Å². The SMILES string of the molecule is CC.CC(C)N1CC(=O)N(C)c2cnc(Nc3cc(NC(=O)NCCC4CCCN4C(=O)OC(C)(C)C)cc(S(C)(=O)=O)c3)nc21.[HH].[HH].[HH]. The van der Waals surface area contributed by atoms with Gasteiger partial charge in [0.25, 0.3) is 0 Å². The zero-order valence-electron chi connectivity index (χ0n) is 28.3. The summed E-state index contributed by atoms with van der Waals surface area (Å²) in [7, 11) is -1.97. The summed E-state index contributed by atoms with van der Waals surface area (Å²) in [6.45, 7) is 14.5. The fraction of sp³-hybridized carbons (Fsp3) is 0.581. The van der Waals surface area contributed by atoms with E-state index in [4.69, 9.17) is 4.74 Å². The molecule has 0 radical (unpaired) electrons. The minimum absolute atomic E-state index is 0. The molecule has 1 aromatic carbocycles. The Labute approximate surface area is 276 Å². The van der Waals surface area contributed by atoms with Crippen molar-refractivity contribution in [2.45, 2.75) is 90.3 Å². The van der Waals surface area contributed by atoms with Gasteiger partial charge in [0.1, 0.15) is 11.3 Å². The molecule has 46 heavy (non-hydrogen) atoms. The maximum absolute atomic E-state index is 12.8. The highest BCUT2D eigenvalue weighted by Gasteiger charge is 2.32. The van der Waals surface area contributed by atoms with E-state index in [-0.39, 0.29) is 51.4 Å². The molecule has 260 valence electrons. The van der Waals surface area contributed by atoms with Crippen molar-refractivity contribution in [3.05, 3.63) is 24.4 Å². The molecule has 1 aromatic heterocycles. The molecule has 4 rings (SSSR count). The van der Waals surface area contributed by atoms with Crippen molar-refractivity contribution in [2.24, 2.45) is 0 Å². The Morgan fingerprint density at radius 1 is 1.15 bits per heavy atom. The van der Waals surface area contributed by atoms with Crippen LogP contribution in [0.2, 0.25) is 0 Å². The number of likely N-dealkylation sites (N-methyl/N-ethyl adjacent to an activating group) is 1. The number of nitrogens with one attached hydrogen (secondary N) is 3. The predicted molar refractivity (Wildman–Crippen MR) is 186 cm³/mol. The van der Waals surface area contributed by atoms with E-state index < -0.39 is 21.5 Å². The molecule has 0 bridgehead atoms. The molecule has 4 amide bonds. The van der Waals surface area contributed by atoms with Gasteiger partial charge in [-0.05, 0) is 72.1 Å². The minimum Gasteiger partial charge on any atom is -0.444 e. The maximum atomic E-state index is 12.8. The lowest BCUT2D eigenvalue weighted by Gasteiger charge is -2.36. The predicted octanol–water partition coefficient (Wildman–Crippen LogP) is 5.49. The van der Waals surface area contributed by atoms with E-state index >= 15 is 0 Å². The second-order valence-corrected chi connectivity index (χ2v) is 14.4. The number of anilines is 5. The molecule has 0 spiro atoms. The Bertz CT molecular complexity index is 1540. The zero-order chi connectivity index (χ0) is 34.4. The number of fused-ring (bicyclic) bond motifs is 1. The number of nitrogens with zero attached hydrogens (tertiary/aromatic N) is 5. The highest BCUT2D eigenvalue weighted by molar-refractivity contribution is 7.90. The van der Waals surface area contributed by atoms with Crippen LogP contribution in [0, 0.1) is 0 Å². The molecule has 2 aliphatic rings. The zero-order valence-corrected chi connectivity index (χ0v) is 29.1. The Morgan fingerprint density at radius 3 is 2.46 bits per heavy atom. The Kier molecular flexibility index (Phi) is 11.8. The van der Waals surface area contributed by atoms with Crippen LogP contribution in [0.4, 0.5) is 38.4 Å². The van der Waals surface area contributed by atoms with Gasteiger partial charge in [-0.2, -0.15) is 4.98 Å². The van der Waals surface area contributed by atoms with E-state index in [2.05, 4.69) is 25.9 Å². The third kappa shape index (κ3) is 9.44. The Hall–Kier alpha value is -4.14. The van der Waals surface area contributed by atoms with Crippen molar-refractivity contribution in [2.75, 3.05) is 53.4 Å². The second kappa shape index (κ2) is 15.0. The van der Waals surface area contributed by atoms with Gasteiger partial charge >= 0.3 is 12.1 Å². The lowest BCUT2D eigenvalue weighted by molar-refractivity contribution is -0.117. The maximum Gasteiger partial charge on any atom is 0.410 e. The molecule has 3 N–H and O–H groups in total. The summed E-state index contributed by atoms with van der Waals surface area (Å²) in [5.74, 6) is 0.697. The average Bonchev–Trinajstić information content (AvgIpc) is 3.43. The number of rotatable bonds is 8. The summed E-state index contributed by atoms with van der Waals surface area (Å²) in [6.07, 6.45) is 4.49. The Morgan fingerprint density at radius 2 is 1.83 bits per heavy atom. The van der Waals surface area contributed by atoms with Crippen LogP contribution in [0.3, 0.4) is 0 Å². The van der Waals surface area contributed by atoms with E-state index in [1.54, 1.807) is 24.2 Å². The monoisotopic (exact) mass is 666 g/mol. The van der Waals surface area contributed by atoms with Crippen LogP contribution in [-0.4, -0.2) is 91.9 Å². The summed E-state index contributed by atoms with van der Waals surface area (Å²) in [6, 6.07) is 3.82. The average molecular weight is 667 g/mol. The first-order valence-corrected chi connectivity index (χ1v) is 17.5. The summed E-state index contributed by atoms with van der Waals surface area (Å²) in [5, 5.41) is 8.53. The van der Waals surface area contributed by atoms with Gasteiger partial charge < -0.3 is 35.4 Å². The highest BCUT2D eigenvalue weighted by Crippen LogP contribution is 2.33. The van der Waals surface area contributed by atoms with E-state index in [0.29, 0.717) is 36.7 Å². The van der Waals surface area contributed by atoms with Crippen LogP contribution in [0.1, 0.15) is 72.0 Å². The fourth-order valence-electron chi connectivity index (χ4n) is 5.07. The lowest BCUT2D eigenvalue weighted by Crippen LogP contribution is -2.47. The first-order chi connectivity index (χ1) is 21.5. The first-order valence-electron chi connectivity index (χ1n) is 15.6. The first kappa shape index (κ1) is 36.3. The molecule has 1 atom stereocenters. The molecule has 14 nitrogen and oxygen atoms in total. The molecule has 0 saturated carbocycles. The number of likely N-dealkylation sites (tertiary alicyclic amines) is 1. The number of hydrogen-bond acceptors (Lipinski definition) is 10. The highest BCUT2D eigenvalue weighted by atomic mass is 32.2. The largest absolute Gasteiger partial charge is 0.444 e. The van der Waals surface area contributed by atoms with Crippen molar-refractivity contribution >= 4 is 56.7 Å². The van der Waals surface area contributed by atoms with Gasteiger partial charge in [0.15, 0.2) is 15.7 Å². The normalized spacial score (nSPS) is 16.4. The van der Waals surface area contributed by atoms with Crippen LogP contribution < -0.4 is 25.8 Å². The number of ether oxygens (including phenoxy) is 1. The van der Waals surface area contributed by atoms with Crippen molar-refractivity contribution < 1.29 is 31.8 Å². The smallest absolute Gasteiger partial charge is 0.410 e. The molecule has 2 aromatic rings. The van der Waals surface area contributed by atoms with Crippen molar-refractivity contribution in [3.63, 3.8) is 0 Å². The number of sulfone groups is 1. The molecule has 1 saturated heterocycles. The van der Waals surface area contributed by atoms with Gasteiger partial charge in [0.05, 0.1) is 17.6 Å². The standard InChI is InChI=1S/C29H42N8O6S.C2H6.3H2/c1-18(2)37-17-24(38)35(6)23-16-31-26(34-25(23)37)32-19-13-20(15-22(14-19)44(7,41)42)33-27(39)30-11-10-21-9-8-12-36(21)28(40)43-29(3,4)5;1-2;;;/h13-16,18,21H,8-12,17H2,1-7H3,(H2,30,33,39)(H,31,32,34);1-2H3;3*1H. The van der Waals surface area contributed by atoms with E-state index in [1.807, 2.05) is 53.4 Å². The van der Waals surface area contributed by atoms with Crippen LogP contribution in [0.5, 0.6) is 0 Å². The number of aromatic nitrogens is 2. The van der Waals surface area contributed by atoms with Gasteiger partial charge in [-0.25, -0.2) is 23.0 Å². The van der Waals surface area contributed by atoms with Gasteiger partial charge in [-0.3, -0.25) is 4.79 Å². The lowest BCUT2D eigenvalue weighted by atomic mass is 10.1. The third-order valence-electron chi connectivity index (χ3n) is 7.30. The number of benzene rings is 1. The van der Waals surface area contributed by atoms with E-state index in [0.717, 1.165) is 19.1 Å². The quantitative estimate of drug-likeness (QED) is 0.328. The molecule has 2 aliphatic heterocycles.